The molecule has 0 aliphatic carbocycles. The Morgan fingerprint density at radius 2 is 0.404 bits per heavy atom. The molecule has 4 aliphatic heterocycles. The molecule has 4 saturated heterocycles. The van der Waals surface area contributed by atoms with Gasteiger partial charge in [-0.25, -0.2) is 0 Å². The average Bonchev–Trinajstić information content (AvgIpc) is 3.08. The summed E-state index contributed by atoms with van der Waals surface area (Å²) in [6, 6.07) is 0. The van der Waals surface area contributed by atoms with Gasteiger partial charge in [0.25, 0.3) is 0 Å². The van der Waals surface area contributed by atoms with E-state index in [1.54, 1.807) is 0 Å². The monoisotopic (exact) mass is 808 g/mol. The zero-order chi connectivity index (χ0) is 37.2. The van der Waals surface area contributed by atoms with E-state index < -0.39 is 149 Å². The summed E-state index contributed by atoms with van der Waals surface area (Å²) in [4.78, 5) is 0. The summed E-state index contributed by atoms with van der Waals surface area (Å²) in [5, 5.41) is 185. The third-order valence-electron chi connectivity index (χ3n) is 7.39. The van der Waals surface area contributed by atoms with Crippen molar-refractivity contribution in [1.29, 1.82) is 0 Å². The van der Waals surface area contributed by atoms with Crippen LogP contribution in [0.1, 0.15) is 0 Å². The summed E-state index contributed by atoms with van der Waals surface area (Å²) in [5.41, 5.74) is 0. The zero-order valence-corrected chi connectivity index (χ0v) is 36.8. The van der Waals surface area contributed by atoms with Crippen molar-refractivity contribution in [2.75, 3.05) is 26.4 Å². The van der Waals surface area contributed by atoms with Crippen LogP contribution in [0.4, 0.5) is 0 Å². The normalized spacial score (nSPS) is 45.5. The van der Waals surface area contributed by atoms with Crippen LogP contribution in [0.25, 0.3) is 0 Å². The van der Waals surface area contributed by atoms with E-state index in [9.17, 15) is 20.4 Å². The van der Waals surface area contributed by atoms with Crippen molar-refractivity contribution in [1.82, 2.24) is 0 Å². The molecule has 52 heavy (non-hydrogen) atoms. The van der Waals surface area contributed by atoms with E-state index in [0.29, 0.717) is 0 Å². The minimum absolute atomic E-state index is 0. The van der Waals surface area contributed by atoms with Gasteiger partial charge in [0.15, 0.2) is 0 Å². The predicted molar refractivity (Wildman–Crippen MR) is 135 cm³/mol. The number of hydrogen-bond donors (Lipinski definition) is 16. The molecule has 0 bridgehead atoms. The summed E-state index contributed by atoms with van der Waals surface area (Å²) >= 11 is 0. The molecule has 4 rings (SSSR count). The fraction of sp³-hybridized carbons (Fsp3) is 1.00. The van der Waals surface area contributed by atoms with Crippen molar-refractivity contribution in [2.24, 2.45) is 0 Å². The third-order valence-corrected chi connectivity index (χ3v) is 7.39. The Morgan fingerprint density at radius 3 is 0.519 bits per heavy atom. The van der Waals surface area contributed by atoms with Crippen LogP contribution < -0.4 is 139 Å². The molecule has 0 radical (unpaired) electrons. The Kier molecular flexibility index (Phi) is 35.7. The van der Waals surface area contributed by atoms with Crippen LogP contribution in [-0.2, 0) is 18.9 Å². The van der Waals surface area contributed by atoms with Gasteiger partial charge in [-0.2, -0.15) is 0 Å². The Balaban J connectivity index is -0.000000288. The van der Waals surface area contributed by atoms with Crippen molar-refractivity contribution in [3.63, 3.8) is 0 Å². The molecule has 4 aliphatic rings. The molecule has 4 heterocycles. The van der Waals surface area contributed by atoms with E-state index in [4.69, 9.17) is 81.7 Å². The van der Waals surface area contributed by atoms with E-state index >= 15 is 0 Å². The molecule has 4 unspecified atom stereocenters. The van der Waals surface area contributed by atoms with Crippen molar-refractivity contribution in [3.05, 3.63) is 0 Å². The number of ether oxygens (including phenoxy) is 4. The Bertz CT molecular complexity index is 741. The third kappa shape index (κ3) is 17.3. The summed E-state index contributed by atoms with van der Waals surface area (Å²) in [7, 11) is 0. The van der Waals surface area contributed by atoms with Crippen LogP contribution in [0.2, 0.25) is 0 Å². The molecule has 0 aromatic rings. The first-order valence-corrected chi connectivity index (χ1v) is 14.2. The van der Waals surface area contributed by atoms with Crippen molar-refractivity contribution in [2.45, 2.75) is 123 Å². The van der Waals surface area contributed by atoms with Crippen LogP contribution in [0.5, 0.6) is 0 Å². The second kappa shape index (κ2) is 30.1. The molecule has 0 spiro atoms. The van der Waals surface area contributed by atoms with Crippen LogP contribution in [-0.4, -0.2) is 231 Å². The van der Waals surface area contributed by atoms with Crippen LogP contribution in [0.15, 0.2) is 0 Å². The van der Waals surface area contributed by atoms with Crippen LogP contribution >= 0.6 is 0 Å². The predicted octanol–water partition coefficient (Wildman–Crippen LogP) is -27.4. The van der Waals surface area contributed by atoms with Gasteiger partial charge < -0.3 is 121 Å². The number of aliphatic hydroxyl groups is 16. The van der Waals surface area contributed by atoms with E-state index in [1.807, 2.05) is 0 Å². The quantitative estimate of drug-likeness (QED) is 0.117. The van der Waals surface area contributed by atoms with Gasteiger partial charge in [0.2, 0.25) is 0 Å². The molecule has 28 heteroatoms. The molecule has 16 N–H and O–H groups in total. The maximum absolute atomic E-state index is 10.7. The molecule has 0 aromatic carbocycles. The summed E-state index contributed by atoms with van der Waals surface area (Å²) < 4.78 is 17.9. The van der Waals surface area contributed by atoms with Gasteiger partial charge in [-0.15, -0.1) is 0 Å². The SMILES string of the molecule is [Na+].[Na+].[Na+].[Na+].[O-]C1O[C@H](CO)[C@@H](O)[C@H](O)[C@H]1O.[O-]C1O[C@H](CO)[C@@H](O)[C@H](O)[C@H]1O.[O-]C1O[C@H](CO)[C@@H](O)[C@H](O)[C@H]1O.[O-]C1O[C@H](CO)[C@@H](O)[C@H](O)[C@H]1O. The van der Waals surface area contributed by atoms with Crippen LogP contribution in [0, 0.1) is 0 Å². The summed E-state index contributed by atoms with van der Waals surface area (Å²) in [6.45, 7) is -2.26. The van der Waals surface area contributed by atoms with Gasteiger partial charge in [-0.3, -0.25) is 0 Å². The smallest absolute Gasteiger partial charge is 0.829 e. The van der Waals surface area contributed by atoms with Gasteiger partial charge >= 0.3 is 118 Å². The average molecular weight is 809 g/mol. The summed E-state index contributed by atoms with van der Waals surface area (Å²) in [5.74, 6) is 0. The molecule has 288 valence electrons. The van der Waals surface area contributed by atoms with Crippen molar-refractivity contribution >= 4 is 0 Å². The maximum atomic E-state index is 10.7. The van der Waals surface area contributed by atoms with E-state index in [-0.39, 0.29) is 118 Å². The first-order valence-electron chi connectivity index (χ1n) is 14.2. The minimum Gasteiger partial charge on any atom is -0.829 e. The Morgan fingerprint density at radius 1 is 0.269 bits per heavy atom. The van der Waals surface area contributed by atoms with E-state index in [0.717, 1.165) is 0 Å². The van der Waals surface area contributed by atoms with Gasteiger partial charge in [-0.05, 0) is 0 Å². The Labute approximate surface area is 384 Å². The molecular weight excluding hydrogens is 764 g/mol. The van der Waals surface area contributed by atoms with Crippen LogP contribution in [0.3, 0.4) is 0 Å². The second-order valence-corrected chi connectivity index (χ2v) is 10.8. The topological polar surface area (TPSA) is 453 Å². The number of hydrogen-bond acceptors (Lipinski definition) is 24. The minimum atomic E-state index is -1.82. The van der Waals surface area contributed by atoms with Gasteiger partial charge in [0.05, 0.1) is 50.8 Å². The first-order chi connectivity index (χ1) is 22.3. The molecule has 20 atom stereocenters. The molecule has 0 aromatic heterocycles. The fourth-order valence-corrected chi connectivity index (χ4v) is 4.27. The molecular formula is C24H44Na4O24. The van der Waals surface area contributed by atoms with Gasteiger partial charge in [-0.1, -0.05) is 0 Å². The first kappa shape index (κ1) is 61.7. The second-order valence-electron chi connectivity index (χ2n) is 10.8. The fourth-order valence-electron chi connectivity index (χ4n) is 4.27. The number of rotatable bonds is 4. The zero-order valence-electron chi connectivity index (χ0n) is 28.8. The largest absolute Gasteiger partial charge is 1.00 e. The van der Waals surface area contributed by atoms with E-state index in [2.05, 4.69) is 18.9 Å². The molecule has 4 fully saturated rings. The molecule has 0 amide bonds. The summed E-state index contributed by atoms with van der Waals surface area (Å²) in [6.07, 6.45) is -30.3. The standard InChI is InChI=1S/4C6H11O6.4Na/c4*7-1-2-3(8)4(9)5(10)6(11)12-2;;;;/h4*2-10H,1H2;;;;/q4*-1;4*+1/t4*2-,3-,4+,5-,6?;;;;/m1111..../s1. The maximum Gasteiger partial charge on any atom is 1.00 e. The van der Waals surface area contributed by atoms with Gasteiger partial charge in [0, 0.05) is 25.2 Å². The van der Waals surface area contributed by atoms with Gasteiger partial charge in [0.1, 0.15) is 73.2 Å². The molecule has 24 nitrogen and oxygen atoms in total. The van der Waals surface area contributed by atoms with E-state index in [1.165, 1.54) is 0 Å². The molecule has 0 saturated carbocycles. The van der Waals surface area contributed by atoms with Crippen molar-refractivity contribution < 1.29 is 239 Å². The number of aliphatic hydroxyl groups excluding tert-OH is 16. The van der Waals surface area contributed by atoms with Crippen molar-refractivity contribution in [3.8, 4) is 0 Å². The Hall–Kier alpha value is 3.04.